The molecule has 0 unspecified atom stereocenters. The van der Waals surface area contributed by atoms with Crippen LogP contribution in [0.25, 0.3) is 0 Å². The number of aliphatic hydroxyl groups is 1. The van der Waals surface area contributed by atoms with Crippen LogP contribution in [-0.2, 0) is 4.79 Å². The van der Waals surface area contributed by atoms with Crippen molar-refractivity contribution in [1.29, 1.82) is 0 Å². The van der Waals surface area contributed by atoms with E-state index in [-0.39, 0.29) is 5.91 Å². The Balaban J connectivity index is 2.31. The Morgan fingerprint density at radius 1 is 1.19 bits per heavy atom. The number of aliphatic hydroxyl groups excluding tert-OH is 1. The minimum Gasteiger partial charge on any atom is -0.384 e. The molecule has 0 fully saturated rings. The molecule has 0 bridgehead atoms. The third kappa shape index (κ3) is 3.67. The molecular weight excluding hydrogens is 264 g/mol. The van der Waals surface area contributed by atoms with Crippen molar-refractivity contribution in [2.45, 2.75) is 26.9 Å². The predicted molar refractivity (Wildman–Crippen MR) is 82.8 cm³/mol. The normalized spacial score (nSPS) is 12.8. The summed E-state index contributed by atoms with van der Waals surface area (Å²) >= 11 is 0. The van der Waals surface area contributed by atoms with Gasteiger partial charge in [0.1, 0.15) is 6.10 Å². The van der Waals surface area contributed by atoms with Crippen molar-refractivity contribution in [1.82, 2.24) is 4.98 Å². The highest BCUT2D eigenvalue weighted by Gasteiger charge is 2.23. The van der Waals surface area contributed by atoms with Crippen molar-refractivity contribution in [3.05, 3.63) is 59.9 Å². The summed E-state index contributed by atoms with van der Waals surface area (Å²) in [6.07, 6.45) is 2.35. The summed E-state index contributed by atoms with van der Waals surface area (Å²) < 4.78 is 0. The maximum Gasteiger partial charge on any atom is 0.229 e. The van der Waals surface area contributed by atoms with Crippen LogP contribution in [0.2, 0.25) is 0 Å². The van der Waals surface area contributed by atoms with Crippen LogP contribution in [-0.4, -0.2) is 16.0 Å². The molecule has 1 amide bonds. The van der Waals surface area contributed by atoms with E-state index < -0.39 is 11.5 Å². The van der Waals surface area contributed by atoms with Crippen molar-refractivity contribution in [2.75, 3.05) is 5.32 Å². The summed E-state index contributed by atoms with van der Waals surface area (Å²) in [5, 5.41) is 13.4. The molecule has 0 aliphatic rings. The summed E-state index contributed by atoms with van der Waals surface area (Å²) in [6, 6.07) is 11.0. The first-order valence-electron chi connectivity index (χ1n) is 6.88. The standard InChI is InChI=1S/C17H20N2O2/c1-17(2,3)16(21)19-14-9-10-18-11-13(14)15(20)12-7-5-4-6-8-12/h4-11,15,20H,1-3H3,(H,18,19,21)/t15-/m0/s1. The van der Waals surface area contributed by atoms with Gasteiger partial charge < -0.3 is 10.4 Å². The maximum atomic E-state index is 12.1. The molecule has 4 heteroatoms. The Bertz CT molecular complexity index is 618. The highest BCUT2D eigenvalue weighted by molar-refractivity contribution is 5.95. The molecule has 0 radical (unpaired) electrons. The average molecular weight is 284 g/mol. The molecule has 0 saturated heterocycles. The first-order valence-corrected chi connectivity index (χ1v) is 6.88. The van der Waals surface area contributed by atoms with Crippen molar-refractivity contribution < 1.29 is 9.90 Å². The van der Waals surface area contributed by atoms with Crippen molar-refractivity contribution in [3.63, 3.8) is 0 Å². The first kappa shape index (κ1) is 15.2. The second-order valence-electron chi connectivity index (χ2n) is 5.98. The van der Waals surface area contributed by atoms with Gasteiger partial charge in [0.05, 0.1) is 0 Å². The molecule has 110 valence electrons. The zero-order chi connectivity index (χ0) is 15.5. The maximum absolute atomic E-state index is 12.1. The van der Waals surface area contributed by atoms with Gasteiger partial charge in [-0.15, -0.1) is 0 Å². The van der Waals surface area contributed by atoms with Crippen LogP contribution in [0.4, 0.5) is 5.69 Å². The number of carbonyl (C=O) groups excluding carboxylic acids is 1. The molecule has 0 aliphatic carbocycles. The van der Waals surface area contributed by atoms with E-state index in [9.17, 15) is 9.90 Å². The fourth-order valence-electron chi connectivity index (χ4n) is 1.86. The molecule has 0 saturated carbocycles. The zero-order valence-corrected chi connectivity index (χ0v) is 12.5. The number of amides is 1. The van der Waals surface area contributed by atoms with Crippen LogP contribution in [0.5, 0.6) is 0 Å². The summed E-state index contributed by atoms with van der Waals surface area (Å²) in [5.41, 5.74) is 1.43. The third-order valence-electron chi connectivity index (χ3n) is 3.19. The van der Waals surface area contributed by atoms with Crippen LogP contribution < -0.4 is 5.32 Å². The molecule has 1 aromatic heterocycles. The molecule has 2 aromatic rings. The molecule has 0 spiro atoms. The number of anilines is 1. The number of pyridine rings is 1. The van der Waals surface area contributed by atoms with Gasteiger partial charge in [-0.25, -0.2) is 0 Å². The van der Waals surface area contributed by atoms with Gasteiger partial charge in [-0.05, 0) is 11.6 Å². The van der Waals surface area contributed by atoms with Gasteiger partial charge in [0.2, 0.25) is 5.91 Å². The summed E-state index contributed by atoms with van der Waals surface area (Å²) in [6.45, 7) is 5.53. The van der Waals surface area contributed by atoms with Gasteiger partial charge in [-0.1, -0.05) is 51.1 Å². The van der Waals surface area contributed by atoms with E-state index in [1.54, 1.807) is 18.5 Å². The Hall–Kier alpha value is -2.20. The molecule has 21 heavy (non-hydrogen) atoms. The van der Waals surface area contributed by atoms with E-state index in [0.717, 1.165) is 5.56 Å². The van der Waals surface area contributed by atoms with Gasteiger partial charge in [-0.2, -0.15) is 0 Å². The van der Waals surface area contributed by atoms with Crippen LogP contribution in [0.3, 0.4) is 0 Å². The molecule has 2 N–H and O–H groups in total. The second kappa shape index (κ2) is 6.06. The van der Waals surface area contributed by atoms with E-state index in [2.05, 4.69) is 10.3 Å². The lowest BCUT2D eigenvalue weighted by atomic mass is 9.95. The molecule has 4 nitrogen and oxygen atoms in total. The number of rotatable bonds is 3. The molecule has 2 rings (SSSR count). The van der Waals surface area contributed by atoms with Crippen LogP contribution in [0, 0.1) is 5.41 Å². The summed E-state index contributed by atoms with van der Waals surface area (Å²) in [4.78, 5) is 16.2. The lowest BCUT2D eigenvalue weighted by Gasteiger charge is -2.21. The molecule has 1 atom stereocenters. The van der Waals surface area contributed by atoms with E-state index in [4.69, 9.17) is 0 Å². The van der Waals surface area contributed by atoms with Gasteiger partial charge in [0, 0.05) is 29.1 Å². The van der Waals surface area contributed by atoms with Gasteiger partial charge in [-0.3, -0.25) is 9.78 Å². The van der Waals surface area contributed by atoms with Gasteiger partial charge >= 0.3 is 0 Å². The Morgan fingerprint density at radius 2 is 1.86 bits per heavy atom. The minimum atomic E-state index is -0.824. The zero-order valence-electron chi connectivity index (χ0n) is 12.5. The van der Waals surface area contributed by atoms with E-state index in [1.807, 2.05) is 51.1 Å². The third-order valence-corrected chi connectivity index (χ3v) is 3.19. The highest BCUT2D eigenvalue weighted by Crippen LogP contribution is 2.28. The number of benzene rings is 1. The Morgan fingerprint density at radius 3 is 2.48 bits per heavy atom. The number of carbonyl (C=O) groups is 1. The van der Waals surface area contributed by atoms with Crippen molar-refractivity contribution >= 4 is 11.6 Å². The summed E-state index contributed by atoms with van der Waals surface area (Å²) in [5.74, 6) is -0.102. The average Bonchev–Trinajstić information content (AvgIpc) is 2.47. The lowest BCUT2D eigenvalue weighted by Crippen LogP contribution is -2.28. The molecule has 0 aliphatic heterocycles. The van der Waals surface area contributed by atoms with E-state index >= 15 is 0 Å². The molecule has 1 aromatic carbocycles. The van der Waals surface area contributed by atoms with E-state index in [1.165, 1.54) is 0 Å². The van der Waals surface area contributed by atoms with E-state index in [0.29, 0.717) is 11.3 Å². The number of aromatic nitrogens is 1. The second-order valence-corrected chi connectivity index (χ2v) is 5.98. The Labute approximate surface area is 124 Å². The molecular formula is C17H20N2O2. The lowest BCUT2D eigenvalue weighted by molar-refractivity contribution is -0.123. The molecule has 1 heterocycles. The topological polar surface area (TPSA) is 62.2 Å². The first-order chi connectivity index (χ1) is 9.89. The minimum absolute atomic E-state index is 0.102. The largest absolute Gasteiger partial charge is 0.384 e. The SMILES string of the molecule is CC(C)(C)C(=O)Nc1ccncc1[C@@H](O)c1ccccc1. The van der Waals surface area contributed by atoms with Crippen LogP contribution in [0.1, 0.15) is 38.0 Å². The number of hydrogen-bond donors (Lipinski definition) is 2. The number of hydrogen-bond acceptors (Lipinski definition) is 3. The smallest absolute Gasteiger partial charge is 0.229 e. The highest BCUT2D eigenvalue weighted by atomic mass is 16.3. The van der Waals surface area contributed by atoms with Gasteiger partial charge in [0.15, 0.2) is 0 Å². The van der Waals surface area contributed by atoms with Crippen molar-refractivity contribution in [3.8, 4) is 0 Å². The van der Waals surface area contributed by atoms with Gasteiger partial charge in [0.25, 0.3) is 0 Å². The van der Waals surface area contributed by atoms with Crippen LogP contribution in [0.15, 0.2) is 48.8 Å². The van der Waals surface area contributed by atoms with Crippen molar-refractivity contribution in [2.24, 2.45) is 5.41 Å². The predicted octanol–water partition coefficient (Wildman–Crippen LogP) is 3.15. The summed E-state index contributed by atoms with van der Waals surface area (Å²) in [7, 11) is 0. The number of nitrogens with zero attached hydrogens (tertiary/aromatic N) is 1. The fraction of sp³-hybridized carbons (Fsp3) is 0.294. The fourth-order valence-corrected chi connectivity index (χ4v) is 1.86. The number of nitrogens with one attached hydrogen (secondary N) is 1. The monoisotopic (exact) mass is 284 g/mol. The van der Waals surface area contributed by atoms with Crippen LogP contribution >= 0.6 is 0 Å². The Kier molecular flexibility index (Phi) is 4.38. The quantitative estimate of drug-likeness (QED) is 0.910.